The van der Waals surface area contributed by atoms with Crippen molar-refractivity contribution in [2.45, 2.75) is 76.9 Å². The Bertz CT molecular complexity index is 1590. The van der Waals surface area contributed by atoms with Gasteiger partial charge in [-0.2, -0.15) is 12.7 Å². The van der Waals surface area contributed by atoms with E-state index in [1.807, 2.05) is 118 Å². The predicted octanol–water partition coefficient (Wildman–Crippen LogP) is 7.02. The quantitative estimate of drug-likeness (QED) is 0.138. The zero-order chi connectivity index (χ0) is 34.6. The van der Waals surface area contributed by atoms with Gasteiger partial charge in [0.2, 0.25) is 0 Å². The second-order valence-electron chi connectivity index (χ2n) is 13.3. The first-order valence-corrected chi connectivity index (χ1v) is 17.7. The van der Waals surface area contributed by atoms with Crippen LogP contribution in [0.5, 0.6) is 0 Å². The van der Waals surface area contributed by atoms with Crippen molar-refractivity contribution < 1.29 is 22.1 Å². The van der Waals surface area contributed by atoms with Crippen molar-refractivity contribution in [3.05, 3.63) is 144 Å². The number of hydrogen-bond acceptors (Lipinski definition) is 6. The molecule has 0 saturated carbocycles. The minimum Gasteiger partial charge on any atom is -0.444 e. The van der Waals surface area contributed by atoms with E-state index >= 15 is 0 Å². The molecule has 9 heteroatoms. The summed E-state index contributed by atoms with van der Waals surface area (Å²) in [5.74, 6) is 0. The highest BCUT2D eigenvalue weighted by atomic mass is 32.2. The first-order chi connectivity index (χ1) is 22.9. The molecule has 3 atom stereocenters. The van der Waals surface area contributed by atoms with Gasteiger partial charge in [0.15, 0.2) is 0 Å². The van der Waals surface area contributed by atoms with Crippen molar-refractivity contribution in [2.75, 3.05) is 14.1 Å². The van der Waals surface area contributed by atoms with E-state index in [4.69, 9.17) is 8.92 Å². The second kappa shape index (κ2) is 17.4. The molecule has 0 spiro atoms. The SMILES string of the molecule is CN(C)S(=O)(=O)O[C@@H](C[C@H](Cc1ccccc1)NC(=O)OC(C)(C)C)[C@H](Cc1ccccc1)N(Cc1ccccc1)Cc1ccccc1. The van der Waals surface area contributed by atoms with Crippen LogP contribution in [0.25, 0.3) is 0 Å². The Labute approximate surface area is 287 Å². The van der Waals surface area contributed by atoms with Crippen molar-refractivity contribution in [3.63, 3.8) is 0 Å². The summed E-state index contributed by atoms with van der Waals surface area (Å²) in [6, 6.07) is 39.3. The van der Waals surface area contributed by atoms with Crippen LogP contribution in [0, 0.1) is 0 Å². The number of alkyl carbamates (subject to hydrolysis) is 1. The number of nitrogens with one attached hydrogen (secondary N) is 1. The molecule has 0 aliphatic heterocycles. The van der Waals surface area contributed by atoms with Gasteiger partial charge in [-0.1, -0.05) is 121 Å². The smallest absolute Gasteiger partial charge is 0.407 e. The zero-order valence-corrected chi connectivity index (χ0v) is 29.5. The van der Waals surface area contributed by atoms with Crippen LogP contribution in [-0.4, -0.2) is 61.6 Å². The van der Waals surface area contributed by atoms with Crippen LogP contribution >= 0.6 is 0 Å². The Morgan fingerprint density at radius 3 is 1.52 bits per heavy atom. The number of ether oxygens (including phenoxy) is 1. The van der Waals surface area contributed by atoms with E-state index in [1.165, 1.54) is 14.1 Å². The summed E-state index contributed by atoms with van der Waals surface area (Å²) in [4.78, 5) is 15.5. The van der Waals surface area contributed by atoms with Crippen LogP contribution in [0.1, 0.15) is 49.4 Å². The molecule has 0 bridgehead atoms. The molecular formula is C39H49N3O5S. The molecule has 0 aliphatic carbocycles. The zero-order valence-electron chi connectivity index (χ0n) is 28.7. The average molecular weight is 672 g/mol. The fourth-order valence-electron chi connectivity index (χ4n) is 5.63. The highest BCUT2D eigenvalue weighted by Gasteiger charge is 2.36. The van der Waals surface area contributed by atoms with Gasteiger partial charge < -0.3 is 10.1 Å². The standard InChI is InChI=1S/C39H49N3O5S/c1-39(2,3)46-38(43)40-35(26-31-18-10-6-11-19-31)28-37(47-48(44,45)41(4)5)36(27-32-20-12-7-13-21-32)42(29-33-22-14-8-15-23-33)30-34-24-16-9-17-25-34/h6-25,35-37H,26-30H2,1-5H3,(H,40,43)/t35-,36-,37-/m0/s1. The fraction of sp³-hybridized carbons (Fsp3) is 0.359. The second-order valence-corrected chi connectivity index (χ2v) is 15.1. The summed E-state index contributed by atoms with van der Waals surface area (Å²) in [7, 11) is -1.20. The normalized spacial score (nSPS) is 14.0. The maximum Gasteiger partial charge on any atom is 0.407 e. The first-order valence-electron chi connectivity index (χ1n) is 16.4. The molecular weight excluding hydrogens is 623 g/mol. The third kappa shape index (κ3) is 12.2. The Balaban J connectivity index is 1.82. The van der Waals surface area contributed by atoms with Crippen molar-refractivity contribution in [2.24, 2.45) is 0 Å². The van der Waals surface area contributed by atoms with Crippen LogP contribution in [0.4, 0.5) is 4.79 Å². The van der Waals surface area contributed by atoms with Gasteiger partial charge in [0.05, 0.1) is 6.10 Å². The topological polar surface area (TPSA) is 88.2 Å². The largest absolute Gasteiger partial charge is 0.444 e. The number of nitrogens with zero attached hydrogens (tertiary/aromatic N) is 2. The summed E-state index contributed by atoms with van der Waals surface area (Å²) in [5, 5.41) is 3.06. The van der Waals surface area contributed by atoms with Gasteiger partial charge in [0, 0.05) is 39.3 Å². The molecule has 0 saturated heterocycles. The van der Waals surface area contributed by atoms with Crippen LogP contribution in [-0.2, 0) is 45.2 Å². The average Bonchev–Trinajstić information content (AvgIpc) is 3.04. The van der Waals surface area contributed by atoms with Crippen LogP contribution in [0.3, 0.4) is 0 Å². The van der Waals surface area contributed by atoms with E-state index in [0.29, 0.717) is 25.9 Å². The number of amides is 1. The van der Waals surface area contributed by atoms with Gasteiger partial charge in [-0.05, 0) is 62.3 Å². The Kier molecular flexibility index (Phi) is 13.3. The summed E-state index contributed by atoms with van der Waals surface area (Å²) in [6.45, 7) is 6.55. The third-order valence-electron chi connectivity index (χ3n) is 7.90. The van der Waals surface area contributed by atoms with Crippen molar-refractivity contribution in [1.29, 1.82) is 0 Å². The fourth-order valence-corrected chi connectivity index (χ4v) is 6.32. The van der Waals surface area contributed by atoms with Crippen molar-refractivity contribution in [3.8, 4) is 0 Å². The van der Waals surface area contributed by atoms with E-state index < -0.39 is 40.2 Å². The minimum atomic E-state index is -4.13. The lowest BCUT2D eigenvalue weighted by Crippen LogP contribution is -2.51. The Hall–Kier alpha value is -4.02. The summed E-state index contributed by atoms with van der Waals surface area (Å²) < 4.78 is 40.1. The monoisotopic (exact) mass is 671 g/mol. The number of rotatable bonds is 16. The van der Waals surface area contributed by atoms with Crippen LogP contribution in [0.2, 0.25) is 0 Å². The molecule has 1 N–H and O–H groups in total. The molecule has 256 valence electrons. The maximum atomic E-state index is 13.6. The van der Waals surface area contributed by atoms with E-state index in [9.17, 15) is 13.2 Å². The first kappa shape index (κ1) is 36.8. The molecule has 48 heavy (non-hydrogen) atoms. The lowest BCUT2D eigenvalue weighted by Gasteiger charge is -2.39. The highest BCUT2D eigenvalue weighted by molar-refractivity contribution is 7.84. The van der Waals surface area contributed by atoms with Gasteiger partial charge in [0.25, 0.3) is 0 Å². The molecule has 0 aromatic heterocycles. The predicted molar refractivity (Wildman–Crippen MR) is 191 cm³/mol. The molecule has 0 heterocycles. The number of carbonyl (C=O) groups is 1. The maximum absolute atomic E-state index is 13.6. The van der Waals surface area contributed by atoms with E-state index in [2.05, 4.69) is 34.5 Å². The van der Waals surface area contributed by atoms with E-state index in [1.54, 1.807) is 0 Å². The number of benzene rings is 4. The molecule has 0 radical (unpaired) electrons. The Morgan fingerprint density at radius 2 is 1.10 bits per heavy atom. The van der Waals surface area contributed by atoms with Crippen molar-refractivity contribution >= 4 is 16.4 Å². The molecule has 4 aromatic carbocycles. The van der Waals surface area contributed by atoms with Crippen LogP contribution in [0.15, 0.2) is 121 Å². The van der Waals surface area contributed by atoms with Gasteiger partial charge in [-0.3, -0.25) is 9.08 Å². The minimum absolute atomic E-state index is 0.207. The van der Waals surface area contributed by atoms with Gasteiger partial charge >= 0.3 is 16.4 Å². The van der Waals surface area contributed by atoms with E-state index in [-0.39, 0.29) is 6.42 Å². The summed E-state index contributed by atoms with van der Waals surface area (Å²) in [5.41, 5.74) is 3.52. The molecule has 8 nitrogen and oxygen atoms in total. The van der Waals surface area contributed by atoms with Gasteiger partial charge in [-0.15, -0.1) is 0 Å². The Morgan fingerprint density at radius 1 is 0.688 bits per heavy atom. The molecule has 1 amide bonds. The molecule has 0 unspecified atom stereocenters. The van der Waals surface area contributed by atoms with Gasteiger partial charge in [-0.25, -0.2) is 4.79 Å². The third-order valence-corrected chi connectivity index (χ3v) is 9.28. The lowest BCUT2D eigenvalue weighted by atomic mass is 9.92. The summed E-state index contributed by atoms with van der Waals surface area (Å²) in [6.07, 6.45) is -0.245. The number of hydrogen-bond donors (Lipinski definition) is 1. The number of carbonyl (C=O) groups excluding carboxylic acids is 1. The molecule has 0 fully saturated rings. The summed E-state index contributed by atoms with van der Waals surface area (Å²) >= 11 is 0. The molecule has 4 rings (SSSR count). The van der Waals surface area contributed by atoms with Crippen molar-refractivity contribution in [1.82, 2.24) is 14.5 Å². The molecule has 4 aromatic rings. The highest BCUT2D eigenvalue weighted by Crippen LogP contribution is 2.26. The molecule has 0 aliphatic rings. The van der Waals surface area contributed by atoms with Crippen LogP contribution < -0.4 is 5.32 Å². The lowest BCUT2D eigenvalue weighted by molar-refractivity contribution is 0.0354. The van der Waals surface area contributed by atoms with Gasteiger partial charge in [0.1, 0.15) is 5.60 Å². The van der Waals surface area contributed by atoms with E-state index in [0.717, 1.165) is 26.6 Å².